The molecule has 0 bridgehead atoms. The Morgan fingerprint density at radius 2 is 1.33 bits per heavy atom. The van der Waals surface area contributed by atoms with Crippen LogP contribution in [0.3, 0.4) is 0 Å². The molecular weight excluding hydrogens is 292 g/mol. The molecule has 0 radical (unpaired) electrons. The lowest BCUT2D eigenvalue weighted by Gasteiger charge is -2.03. The zero-order chi connectivity index (χ0) is 17.0. The Balaban J connectivity index is 1.88. The number of allylic oxidation sites excluding steroid dienone is 2. The van der Waals surface area contributed by atoms with Crippen molar-refractivity contribution in [3.05, 3.63) is 77.4 Å². The van der Waals surface area contributed by atoms with Gasteiger partial charge >= 0.3 is 0 Å². The fourth-order valence-electron chi connectivity index (χ4n) is 2.01. The van der Waals surface area contributed by atoms with Crippen molar-refractivity contribution >= 4 is 0 Å². The van der Waals surface area contributed by atoms with Gasteiger partial charge in [0.1, 0.15) is 5.75 Å². The fourth-order valence-corrected chi connectivity index (χ4v) is 2.01. The molecule has 0 atom stereocenters. The summed E-state index contributed by atoms with van der Waals surface area (Å²) in [5, 5.41) is 0. The lowest BCUT2D eigenvalue weighted by atomic mass is 10.1. The summed E-state index contributed by atoms with van der Waals surface area (Å²) < 4.78 is 5.54. The molecular formula is C23H22O. The minimum Gasteiger partial charge on any atom is -0.494 e. The Kier molecular flexibility index (Phi) is 7.26. The van der Waals surface area contributed by atoms with E-state index < -0.39 is 0 Å². The quantitative estimate of drug-likeness (QED) is 0.722. The Morgan fingerprint density at radius 3 is 1.83 bits per heavy atom. The number of benzene rings is 2. The van der Waals surface area contributed by atoms with Gasteiger partial charge in [0, 0.05) is 11.1 Å². The van der Waals surface area contributed by atoms with Gasteiger partial charge in [0.2, 0.25) is 0 Å². The summed E-state index contributed by atoms with van der Waals surface area (Å²) in [5.74, 6) is 13.1. The van der Waals surface area contributed by atoms with E-state index in [2.05, 4.69) is 49.7 Å². The molecule has 0 unspecified atom stereocenters. The summed E-state index contributed by atoms with van der Waals surface area (Å²) in [6.45, 7) is 4.98. The molecule has 2 rings (SSSR count). The molecule has 2 aromatic carbocycles. The average Bonchev–Trinajstić information content (AvgIpc) is 2.64. The second-order valence-electron chi connectivity index (χ2n) is 5.30. The molecule has 0 aliphatic heterocycles. The zero-order valence-corrected chi connectivity index (χ0v) is 14.3. The second-order valence-corrected chi connectivity index (χ2v) is 5.30. The lowest BCUT2D eigenvalue weighted by molar-refractivity contribution is 0.317. The highest BCUT2D eigenvalue weighted by Gasteiger charge is 1.92. The van der Waals surface area contributed by atoms with Crippen molar-refractivity contribution in [3.8, 4) is 29.4 Å². The molecule has 1 heteroatoms. The molecule has 1 nitrogen and oxygen atoms in total. The Hall–Kier alpha value is -2.90. The number of rotatable bonds is 4. The summed E-state index contributed by atoms with van der Waals surface area (Å²) in [6, 6.07) is 16.1. The highest BCUT2D eigenvalue weighted by Crippen LogP contribution is 2.11. The van der Waals surface area contributed by atoms with E-state index in [1.807, 2.05) is 36.4 Å². The van der Waals surface area contributed by atoms with Gasteiger partial charge in [-0.3, -0.25) is 0 Å². The van der Waals surface area contributed by atoms with Gasteiger partial charge in [-0.2, -0.15) is 0 Å². The van der Waals surface area contributed by atoms with Crippen molar-refractivity contribution in [1.82, 2.24) is 0 Å². The van der Waals surface area contributed by atoms with E-state index in [0.29, 0.717) is 0 Å². The van der Waals surface area contributed by atoms with Gasteiger partial charge in [0.05, 0.1) is 6.61 Å². The third-order valence-corrected chi connectivity index (χ3v) is 3.37. The van der Waals surface area contributed by atoms with Crippen LogP contribution in [-0.2, 0) is 6.42 Å². The Bertz CT molecular complexity index is 772. The second kappa shape index (κ2) is 9.98. The van der Waals surface area contributed by atoms with Crippen molar-refractivity contribution < 1.29 is 4.74 Å². The van der Waals surface area contributed by atoms with E-state index in [0.717, 1.165) is 36.3 Å². The van der Waals surface area contributed by atoms with Crippen LogP contribution in [0.5, 0.6) is 5.75 Å². The number of aryl methyl sites for hydroxylation is 1. The predicted octanol–water partition coefficient (Wildman–Crippen LogP) is 5.00. The van der Waals surface area contributed by atoms with Crippen LogP contribution < -0.4 is 4.74 Å². The van der Waals surface area contributed by atoms with Gasteiger partial charge in [-0.25, -0.2) is 0 Å². The van der Waals surface area contributed by atoms with Crippen molar-refractivity contribution in [3.63, 3.8) is 0 Å². The zero-order valence-electron chi connectivity index (χ0n) is 14.3. The normalized spacial score (nSPS) is 9.75. The molecule has 120 valence electrons. The van der Waals surface area contributed by atoms with E-state index in [-0.39, 0.29) is 0 Å². The van der Waals surface area contributed by atoms with Crippen molar-refractivity contribution in [1.29, 1.82) is 0 Å². The fraction of sp³-hybridized carbons (Fsp3) is 0.217. The van der Waals surface area contributed by atoms with Crippen LogP contribution in [0.1, 0.15) is 37.0 Å². The third-order valence-electron chi connectivity index (χ3n) is 3.37. The van der Waals surface area contributed by atoms with Crippen LogP contribution in [0.2, 0.25) is 0 Å². The molecule has 0 saturated carbocycles. The van der Waals surface area contributed by atoms with Crippen LogP contribution in [0.4, 0.5) is 0 Å². The largest absolute Gasteiger partial charge is 0.494 e. The van der Waals surface area contributed by atoms with Crippen LogP contribution in [-0.4, -0.2) is 6.61 Å². The maximum absolute atomic E-state index is 5.54. The molecule has 0 fully saturated rings. The highest BCUT2D eigenvalue weighted by atomic mass is 16.5. The minimum absolute atomic E-state index is 0.744. The number of ether oxygens (including phenoxy) is 1. The topological polar surface area (TPSA) is 9.23 Å². The van der Waals surface area contributed by atoms with E-state index in [4.69, 9.17) is 4.74 Å². The molecule has 0 aliphatic carbocycles. The first kappa shape index (κ1) is 17.5. The van der Waals surface area contributed by atoms with E-state index in [9.17, 15) is 0 Å². The highest BCUT2D eigenvalue weighted by molar-refractivity contribution is 5.42. The van der Waals surface area contributed by atoms with E-state index in [1.165, 1.54) is 5.56 Å². The monoisotopic (exact) mass is 314 g/mol. The average molecular weight is 314 g/mol. The van der Waals surface area contributed by atoms with Gasteiger partial charge in [-0.15, -0.1) is 0 Å². The number of hydrogen-bond acceptors (Lipinski definition) is 1. The van der Waals surface area contributed by atoms with Crippen molar-refractivity contribution in [2.75, 3.05) is 6.61 Å². The van der Waals surface area contributed by atoms with Crippen molar-refractivity contribution in [2.24, 2.45) is 0 Å². The minimum atomic E-state index is 0.744. The Morgan fingerprint density at radius 1 is 0.792 bits per heavy atom. The van der Waals surface area contributed by atoms with Gasteiger partial charge in [0.15, 0.2) is 0 Å². The summed E-state index contributed by atoms with van der Waals surface area (Å²) >= 11 is 0. The third kappa shape index (κ3) is 6.07. The smallest absolute Gasteiger partial charge is 0.119 e. The first-order valence-electron chi connectivity index (χ1n) is 8.31. The van der Waals surface area contributed by atoms with E-state index in [1.54, 1.807) is 12.2 Å². The van der Waals surface area contributed by atoms with Crippen LogP contribution in [0.25, 0.3) is 0 Å². The van der Waals surface area contributed by atoms with E-state index >= 15 is 0 Å². The molecule has 0 saturated heterocycles. The molecule has 2 aromatic rings. The van der Waals surface area contributed by atoms with Crippen LogP contribution in [0, 0.1) is 23.7 Å². The predicted molar refractivity (Wildman–Crippen MR) is 101 cm³/mol. The SMILES string of the molecule is CCCOc1ccc(C#CC=CC#Cc2ccc(CC)cc2)cc1. The maximum Gasteiger partial charge on any atom is 0.119 e. The first-order valence-corrected chi connectivity index (χ1v) is 8.31. The molecule has 0 N–H and O–H groups in total. The van der Waals surface area contributed by atoms with Gasteiger partial charge in [-0.05, 0) is 67.0 Å². The van der Waals surface area contributed by atoms with Crippen molar-refractivity contribution in [2.45, 2.75) is 26.7 Å². The maximum atomic E-state index is 5.54. The molecule has 0 amide bonds. The van der Waals surface area contributed by atoms with Gasteiger partial charge in [0.25, 0.3) is 0 Å². The van der Waals surface area contributed by atoms with Gasteiger partial charge in [-0.1, -0.05) is 49.7 Å². The standard InChI is InChI=1S/C23H22O/c1-3-19-24-23-17-15-22(16-18-23)10-8-6-5-7-9-21-13-11-20(4-2)12-14-21/h5-6,11-18H,3-4,19H2,1-2H3. The molecule has 0 heterocycles. The van der Waals surface area contributed by atoms with Gasteiger partial charge < -0.3 is 4.74 Å². The summed E-state index contributed by atoms with van der Waals surface area (Å²) in [5.41, 5.74) is 3.31. The molecule has 0 aliphatic rings. The molecule has 0 aromatic heterocycles. The first-order chi connectivity index (χ1) is 11.8. The molecule has 24 heavy (non-hydrogen) atoms. The van der Waals surface area contributed by atoms with Crippen LogP contribution >= 0.6 is 0 Å². The molecule has 0 spiro atoms. The summed E-state index contributed by atoms with van der Waals surface area (Å²) in [7, 11) is 0. The number of hydrogen-bond donors (Lipinski definition) is 0. The lowest BCUT2D eigenvalue weighted by Crippen LogP contribution is -1.94. The summed E-state index contributed by atoms with van der Waals surface area (Å²) in [4.78, 5) is 0. The Labute approximate surface area is 145 Å². The summed E-state index contributed by atoms with van der Waals surface area (Å²) in [6.07, 6.45) is 5.61. The van der Waals surface area contributed by atoms with Crippen LogP contribution in [0.15, 0.2) is 60.7 Å².